The van der Waals surface area contributed by atoms with Crippen molar-refractivity contribution in [2.45, 2.75) is 12.4 Å². The number of hydrogen-bond donors (Lipinski definition) is 0. The Balaban J connectivity index is 0. The van der Waals surface area contributed by atoms with Crippen LogP contribution in [-0.4, -0.2) is 86.4 Å². The first kappa shape index (κ1) is 29.4. The van der Waals surface area contributed by atoms with Crippen molar-refractivity contribution in [3.05, 3.63) is 54.9 Å². The molecule has 0 bridgehead atoms. The van der Waals surface area contributed by atoms with Gasteiger partial charge in [0, 0.05) is 12.4 Å². The van der Waals surface area contributed by atoms with Gasteiger partial charge in [0.1, 0.15) is 0 Å². The minimum Gasteiger partial charge on any atom is -0.264 e. The molecule has 0 amide bonds. The molecule has 1 aromatic heterocycles. The number of rotatable bonds is 1. The van der Waals surface area contributed by atoms with Gasteiger partial charge in [-0.3, -0.25) is 4.98 Å². The third kappa shape index (κ3) is 37.6. The molecule has 2 aromatic rings. The van der Waals surface area contributed by atoms with Gasteiger partial charge in [0.05, 0.1) is 0 Å². The van der Waals surface area contributed by atoms with E-state index < -0.39 is 12.4 Å². The molecule has 0 aliphatic rings. The average molecular weight is 727 g/mol. The molecule has 1 aromatic carbocycles. The first-order valence-electron chi connectivity index (χ1n) is 6.29. The Labute approximate surface area is 190 Å². The number of alkyl halides is 9. The van der Waals surface area contributed by atoms with Gasteiger partial charge < -0.3 is 0 Å². The van der Waals surface area contributed by atoms with Crippen LogP contribution < -0.4 is 0 Å². The average Bonchev–Trinajstić information content (AvgIpc) is 2.44. The van der Waals surface area contributed by atoms with Crippen molar-refractivity contribution in [2.75, 3.05) is 0 Å². The van der Waals surface area contributed by atoms with Crippen LogP contribution in [0.2, 0.25) is 0 Å². The van der Waals surface area contributed by atoms with Crippen molar-refractivity contribution in [3.63, 3.8) is 0 Å². The predicted octanol–water partition coefficient (Wildman–Crippen LogP) is 4.77. The second-order valence-corrected chi connectivity index (χ2v) is 8.35. The molecule has 0 saturated heterocycles. The van der Waals surface area contributed by atoms with Gasteiger partial charge in [0.2, 0.25) is 0 Å². The zero-order valence-corrected chi connectivity index (χ0v) is 20.5. The molecule has 2 rings (SSSR count). The Morgan fingerprint density at radius 3 is 1.19 bits per heavy atom. The van der Waals surface area contributed by atoms with E-state index in [0.717, 1.165) is 5.56 Å². The number of halogens is 9. The van der Waals surface area contributed by atoms with Crippen molar-refractivity contribution in [3.8, 4) is 11.1 Å². The molecule has 1 nitrogen and oxygen atoms in total. The van der Waals surface area contributed by atoms with E-state index in [1.165, 1.54) is 5.56 Å². The van der Waals surface area contributed by atoms with Crippen LogP contribution in [0.3, 0.4) is 0 Å². The molecule has 0 atom stereocenters. The summed E-state index contributed by atoms with van der Waals surface area (Å²) in [5, 5.41) is 0. The smallest absolute Gasteiger partial charge is 0.0346 e. The first-order chi connectivity index (χ1) is 12.0. The molecule has 0 fully saturated rings. The van der Waals surface area contributed by atoms with Gasteiger partial charge >= 0.3 is 121 Å². The van der Waals surface area contributed by atoms with Crippen molar-refractivity contribution < 1.29 is 39.5 Å². The normalized spacial score (nSPS) is 11.0. The van der Waals surface area contributed by atoms with Gasteiger partial charge in [-0.15, -0.1) is 0 Å². The SMILES string of the molecule is F[C](F)(F)[Sb].F[C](F)(F)[Sb].F[C](F)(F)[Sb].c1ccc(-c2cccnc2)cc1. The quantitative estimate of drug-likeness (QED) is 0.305. The second kappa shape index (κ2) is 14.2. The molecule has 0 spiro atoms. The summed E-state index contributed by atoms with van der Waals surface area (Å²) in [6.45, 7) is 0. The maximum Gasteiger partial charge on any atom is 0.0346 e. The molecule has 0 aliphatic carbocycles. The standard InChI is InChI=1S/C11H9N.3CF3.3Sb/c1-2-5-10(6-3-1)11-7-4-8-12-9-11;3*2-1(3)4;;;/h1-9H;;;;;;. The molecule has 1 heterocycles. The Kier molecular flexibility index (Phi) is 15.5. The van der Waals surface area contributed by atoms with E-state index in [1.54, 1.807) is 6.20 Å². The number of pyridine rings is 1. The van der Waals surface area contributed by atoms with E-state index in [9.17, 15) is 39.5 Å². The van der Waals surface area contributed by atoms with Gasteiger partial charge in [0.25, 0.3) is 0 Å². The fraction of sp³-hybridized carbons (Fsp3) is 0.214. The van der Waals surface area contributed by atoms with Crippen LogP contribution in [-0.2, 0) is 0 Å². The summed E-state index contributed by atoms with van der Waals surface area (Å²) in [5.74, 6) is 0. The topological polar surface area (TPSA) is 12.9 Å². The Hall–Kier alpha value is 0.195. The van der Waals surface area contributed by atoms with Crippen LogP contribution in [0.15, 0.2) is 54.9 Å². The summed E-state index contributed by atoms with van der Waals surface area (Å²) < 4.78 is 81.5. The molecular weight excluding hydrogens is 718 g/mol. The first-order valence-corrected chi connectivity index (χ1v) is 10.1. The van der Waals surface area contributed by atoms with Crippen LogP contribution in [0.4, 0.5) is 39.5 Å². The number of nitrogens with zero attached hydrogens (tertiary/aromatic N) is 1. The molecule has 0 N–H and O–H groups in total. The number of benzene rings is 1. The number of aromatic nitrogens is 1. The Bertz CT molecular complexity index is 515. The predicted molar refractivity (Wildman–Crippen MR) is 85.1 cm³/mol. The number of hydrogen-bond acceptors (Lipinski definition) is 1. The van der Waals surface area contributed by atoms with E-state index in [2.05, 4.69) is 23.2 Å². The second-order valence-electron chi connectivity index (χ2n) is 4.01. The van der Waals surface area contributed by atoms with E-state index in [4.69, 9.17) is 0 Å². The summed E-state index contributed by atoms with van der Waals surface area (Å²) in [6.07, 6.45) is 3.65. The summed E-state index contributed by atoms with van der Waals surface area (Å²) in [5.41, 5.74) is 2.38. The van der Waals surface area contributed by atoms with E-state index >= 15 is 0 Å². The maximum atomic E-state index is 10.4. The molecule has 13 heteroatoms. The van der Waals surface area contributed by atoms with Crippen molar-refractivity contribution in [1.82, 2.24) is 4.98 Å². The largest absolute Gasteiger partial charge is 0.264 e. The minimum absolute atomic E-state index is 0.129. The van der Waals surface area contributed by atoms with Gasteiger partial charge in [-0.2, -0.15) is 0 Å². The molecule has 27 heavy (non-hydrogen) atoms. The van der Waals surface area contributed by atoms with Crippen LogP contribution in [0.1, 0.15) is 0 Å². The van der Waals surface area contributed by atoms with Crippen LogP contribution in [0.25, 0.3) is 11.1 Å². The van der Waals surface area contributed by atoms with Crippen LogP contribution in [0, 0.1) is 0 Å². The van der Waals surface area contributed by atoms with Gasteiger partial charge in [-0.05, 0) is 17.2 Å². The van der Waals surface area contributed by atoms with Crippen molar-refractivity contribution >= 4 is 69.1 Å². The minimum atomic E-state index is -3.95. The molecule has 6 radical (unpaired) electrons. The van der Waals surface area contributed by atoms with Crippen LogP contribution in [0.5, 0.6) is 0 Å². The Morgan fingerprint density at radius 2 is 0.889 bits per heavy atom. The summed E-state index contributed by atoms with van der Waals surface area (Å²) >= 11 is -0.387. The van der Waals surface area contributed by atoms with Gasteiger partial charge in [-0.1, -0.05) is 36.4 Å². The van der Waals surface area contributed by atoms with E-state index in [1.807, 2.05) is 30.5 Å². The maximum absolute atomic E-state index is 10.4. The summed E-state index contributed by atoms with van der Waals surface area (Å²) in [4.78, 5) is 4.06. The van der Waals surface area contributed by atoms with Crippen molar-refractivity contribution in [1.29, 1.82) is 0 Å². The van der Waals surface area contributed by atoms with Gasteiger partial charge in [0.15, 0.2) is 0 Å². The summed E-state index contributed by atoms with van der Waals surface area (Å²) in [6, 6.07) is 14.2. The molecule has 0 aliphatic heterocycles. The van der Waals surface area contributed by atoms with Crippen LogP contribution >= 0.6 is 0 Å². The van der Waals surface area contributed by atoms with E-state index in [-0.39, 0.29) is 69.1 Å². The molecular formula is C14H9F9NSb3. The van der Waals surface area contributed by atoms with Gasteiger partial charge in [-0.25, -0.2) is 0 Å². The monoisotopic (exact) mass is 725 g/mol. The zero-order chi connectivity index (χ0) is 21.7. The third-order valence-electron chi connectivity index (χ3n) is 1.77. The fourth-order valence-corrected chi connectivity index (χ4v) is 1.16. The molecule has 0 saturated carbocycles. The van der Waals surface area contributed by atoms with E-state index in [0.29, 0.717) is 0 Å². The zero-order valence-electron chi connectivity index (χ0n) is 12.9. The third-order valence-corrected chi connectivity index (χ3v) is 1.77. The fourth-order valence-electron chi connectivity index (χ4n) is 1.16. The Morgan fingerprint density at radius 1 is 0.556 bits per heavy atom. The molecule has 148 valence electrons. The van der Waals surface area contributed by atoms with Crippen molar-refractivity contribution in [2.24, 2.45) is 0 Å². The molecule has 0 unspecified atom stereocenters. The summed E-state index contributed by atoms with van der Waals surface area (Å²) in [7, 11) is 0.